The van der Waals surface area contributed by atoms with Gasteiger partial charge in [-0.3, -0.25) is 0 Å². The maximum atomic E-state index is 12.7. The lowest BCUT2D eigenvalue weighted by Crippen LogP contribution is -2.20. The second-order valence-corrected chi connectivity index (χ2v) is 5.96. The molecule has 0 saturated heterocycles. The molecule has 0 amide bonds. The van der Waals surface area contributed by atoms with Crippen molar-refractivity contribution in [2.45, 2.75) is 18.6 Å². The third-order valence-electron chi connectivity index (χ3n) is 3.79. The van der Waals surface area contributed by atoms with Crippen LogP contribution < -0.4 is 15.2 Å². The van der Waals surface area contributed by atoms with E-state index in [1.807, 2.05) is 24.3 Å². The van der Waals surface area contributed by atoms with Crippen molar-refractivity contribution < 1.29 is 22.6 Å². The lowest BCUT2D eigenvalue weighted by atomic mass is 10.0. The van der Waals surface area contributed by atoms with Gasteiger partial charge >= 0.3 is 6.18 Å². The maximum absolute atomic E-state index is 12.7. The van der Waals surface area contributed by atoms with E-state index in [0.717, 1.165) is 0 Å². The molecule has 2 N–H and O–H groups in total. The number of nitrogens with two attached hydrogens (primary N) is 1. The molecule has 0 aliphatic rings. The van der Waals surface area contributed by atoms with Crippen LogP contribution in [0.15, 0.2) is 78.9 Å². The van der Waals surface area contributed by atoms with Gasteiger partial charge in [0, 0.05) is 6.04 Å². The first kappa shape index (κ1) is 18.8. The van der Waals surface area contributed by atoms with Gasteiger partial charge in [-0.05, 0) is 42.0 Å². The Hall–Kier alpha value is -2.99. The Morgan fingerprint density at radius 1 is 0.741 bits per heavy atom. The van der Waals surface area contributed by atoms with Gasteiger partial charge in [-0.1, -0.05) is 42.5 Å². The minimum Gasteiger partial charge on any atom is -0.453 e. The third-order valence-corrected chi connectivity index (χ3v) is 3.79. The standard InChI is InChI=1S/C21H18F3NO2/c22-21(23,24)14-18(25)15-11-12-19(26-16-7-3-1-4-8-16)20(13-15)27-17-9-5-2-6-10-17/h1-13,18H,14,25H2/t18-/m1/s1. The first-order valence-corrected chi connectivity index (χ1v) is 8.33. The molecule has 0 saturated carbocycles. The van der Waals surface area contributed by atoms with Crippen LogP contribution in [-0.4, -0.2) is 6.18 Å². The number of hydrogen-bond acceptors (Lipinski definition) is 3. The summed E-state index contributed by atoms with van der Waals surface area (Å²) >= 11 is 0. The first-order valence-electron chi connectivity index (χ1n) is 8.33. The van der Waals surface area contributed by atoms with Crippen LogP contribution in [0.5, 0.6) is 23.0 Å². The monoisotopic (exact) mass is 373 g/mol. The molecule has 0 aliphatic carbocycles. The Balaban J connectivity index is 1.92. The number of ether oxygens (including phenoxy) is 2. The number of halogens is 3. The van der Waals surface area contributed by atoms with Crippen LogP contribution in [0, 0.1) is 0 Å². The normalized spacial score (nSPS) is 12.4. The quantitative estimate of drug-likeness (QED) is 0.557. The smallest absolute Gasteiger partial charge is 0.390 e. The van der Waals surface area contributed by atoms with Gasteiger partial charge in [0.15, 0.2) is 11.5 Å². The summed E-state index contributed by atoms with van der Waals surface area (Å²) in [5.74, 6) is 1.80. The minimum absolute atomic E-state index is 0.292. The van der Waals surface area contributed by atoms with Gasteiger partial charge in [0.2, 0.25) is 0 Å². The molecule has 3 rings (SSSR count). The minimum atomic E-state index is -4.35. The average Bonchev–Trinajstić information content (AvgIpc) is 2.63. The lowest BCUT2D eigenvalue weighted by Gasteiger charge is -2.18. The van der Waals surface area contributed by atoms with Crippen LogP contribution >= 0.6 is 0 Å². The number of benzene rings is 3. The molecule has 140 valence electrons. The highest BCUT2D eigenvalue weighted by Gasteiger charge is 2.31. The largest absolute Gasteiger partial charge is 0.453 e. The van der Waals surface area contributed by atoms with E-state index in [-0.39, 0.29) is 0 Å². The van der Waals surface area contributed by atoms with Crippen molar-refractivity contribution in [3.63, 3.8) is 0 Å². The van der Waals surface area contributed by atoms with Gasteiger partial charge in [-0.2, -0.15) is 13.2 Å². The molecular formula is C21H18F3NO2. The molecule has 0 fully saturated rings. The van der Waals surface area contributed by atoms with Crippen LogP contribution in [-0.2, 0) is 0 Å². The summed E-state index contributed by atoms with van der Waals surface area (Å²) in [5.41, 5.74) is 6.05. The van der Waals surface area contributed by atoms with Crippen LogP contribution in [0.2, 0.25) is 0 Å². The lowest BCUT2D eigenvalue weighted by molar-refractivity contribution is -0.138. The molecule has 0 unspecified atom stereocenters. The van der Waals surface area contributed by atoms with Gasteiger partial charge in [-0.25, -0.2) is 0 Å². The van der Waals surface area contributed by atoms with Crippen molar-refractivity contribution in [3.05, 3.63) is 84.4 Å². The number of para-hydroxylation sites is 2. The summed E-state index contributed by atoms with van der Waals surface area (Å²) in [7, 11) is 0. The van der Waals surface area contributed by atoms with E-state index in [9.17, 15) is 13.2 Å². The van der Waals surface area contributed by atoms with Crippen molar-refractivity contribution in [1.29, 1.82) is 0 Å². The van der Waals surface area contributed by atoms with Crippen LogP contribution in [0.3, 0.4) is 0 Å². The summed E-state index contributed by atoms with van der Waals surface area (Å²) in [5, 5.41) is 0. The van der Waals surface area contributed by atoms with E-state index in [1.54, 1.807) is 42.5 Å². The van der Waals surface area contributed by atoms with E-state index in [0.29, 0.717) is 28.6 Å². The molecule has 0 aromatic heterocycles. The van der Waals surface area contributed by atoms with Crippen molar-refractivity contribution in [1.82, 2.24) is 0 Å². The Morgan fingerprint density at radius 3 is 1.78 bits per heavy atom. The fourth-order valence-corrected chi connectivity index (χ4v) is 2.52. The zero-order valence-electron chi connectivity index (χ0n) is 14.3. The van der Waals surface area contributed by atoms with Gasteiger partial charge in [0.05, 0.1) is 6.42 Å². The Morgan fingerprint density at radius 2 is 1.26 bits per heavy atom. The molecule has 6 heteroatoms. The molecule has 0 spiro atoms. The number of hydrogen-bond donors (Lipinski definition) is 1. The zero-order chi connectivity index (χ0) is 19.3. The summed E-state index contributed by atoms with van der Waals surface area (Å²) < 4.78 is 49.7. The van der Waals surface area contributed by atoms with E-state index in [1.165, 1.54) is 12.1 Å². The van der Waals surface area contributed by atoms with Gasteiger partial charge in [-0.15, -0.1) is 0 Å². The van der Waals surface area contributed by atoms with Crippen LogP contribution in [0.25, 0.3) is 0 Å². The highest BCUT2D eigenvalue weighted by molar-refractivity contribution is 5.48. The van der Waals surface area contributed by atoms with E-state index in [4.69, 9.17) is 15.2 Å². The van der Waals surface area contributed by atoms with Crippen molar-refractivity contribution in [2.24, 2.45) is 5.73 Å². The molecule has 3 nitrogen and oxygen atoms in total. The SMILES string of the molecule is N[C@H](CC(F)(F)F)c1ccc(Oc2ccccc2)c(Oc2ccccc2)c1. The van der Waals surface area contributed by atoms with Gasteiger partial charge < -0.3 is 15.2 Å². The van der Waals surface area contributed by atoms with Gasteiger partial charge in [0.1, 0.15) is 11.5 Å². The predicted molar refractivity (Wildman–Crippen MR) is 97.1 cm³/mol. The molecule has 3 aromatic rings. The average molecular weight is 373 g/mol. The number of rotatable bonds is 6. The Kier molecular flexibility index (Phi) is 5.66. The van der Waals surface area contributed by atoms with Crippen LogP contribution in [0.1, 0.15) is 18.0 Å². The van der Waals surface area contributed by atoms with Crippen molar-refractivity contribution >= 4 is 0 Å². The topological polar surface area (TPSA) is 44.5 Å². The summed E-state index contributed by atoms with van der Waals surface area (Å²) in [6.07, 6.45) is -5.46. The van der Waals surface area contributed by atoms with Crippen molar-refractivity contribution in [3.8, 4) is 23.0 Å². The fraction of sp³-hybridized carbons (Fsp3) is 0.143. The molecule has 1 atom stereocenters. The maximum Gasteiger partial charge on any atom is 0.390 e. The second-order valence-electron chi connectivity index (χ2n) is 5.96. The summed E-state index contributed by atoms with van der Waals surface area (Å²) in [6.45, 7) is 0. The van der Waals surface area contributed by atoms with E-state index in [2.05, 4.69) is 0 Å². The Bertz CT molecular complexity index is 868. The molecule has 0 aliphatic heterocycles. The molecular weight excluding hydrogens is 355 g/mol. The fourth-order valence-electron chi connectivity index (χ4n) is 2.52. The first-order chi connectivity index (χ1) is 12.9. The Labute approximate surface area is 155 Å². The second kappa shape index (κ2) is 8.14. The number of alkyl halides is 3. The summed E-state index contributed by atoms with van der Waals surface area (Å²) in [4.78, 5) is 0. The molecule has 3 aromatic carbocycles. The highest BCUT2D eigenvalue weighted by atomic mass is 19.4. The molecule has 27 heavy (non-hydrogen) atoms. The summed E-state index contributed by atoms with van der Waals surface area (Å²) in [6, 6.07) is 21.4. The third kappa shape index (κ3) is 5.49. The van der Waals surface area contributed by atoms with E-state index < -0.39 is 18.6 Å². The predicted octanol–water partition coefficient (Wildman–Crippen LogP) is 6.22. The zero-order valence-corrected chi connectivity index (χ0v) is 14.3. The molecule has 0 heterocycles. The molecule has 0 radical (unpaired) electrons. The highest BCUT2D eigenvalue weighted by Crippen LogP contribution is 2.38. The van der Waals surface area contributed by atoms with Crippen LogP contribution in [0.4, 0.5) is 13.2 Å². The van der Waals surface area contributed by atoms with Gasteiger partial charge in [0.25, 0.3) is 0 Å². The van der Waals surface area contributed by atoms with Crippen molar-refractivity contribution in [2.75, 3.05) is 0 Å². The van der Waals surface area contributed by atoms with E-state index >= 15 is 0 Å². The molecule has 0 bridgehead atoms.